The summed E-state index contributed by atoms with van der Waals surface area (Å²) in [6.45, 7) is 3.00. The van der Waals surface area contributed by atoms with Gasteiger partial charge in [-0.25, -0.2) is 22.4 Å². The number of benzene rings is 2. The number of hydrogen-bond donors (Lipinski definition) is 3. The van der Waals surface area contributed by atoms with Gasteiger partial charge in [-0.05, 0) is 26.0 Å². The number of hydrogen-bond acceptors (Lipinski definition) is 7. The zero-order chi connectivity index (χ0) is 27.1. The number of nitrogens with zero attached hydrogens (tertiary/aromatic N) is 3. The molecule has 4 aromatic rings. The van der Waals surface area contributed by atoms with Gasteiger partial charge >= 0.3 is 6.18 Å². The van der Waals surface area contributed by atoms with Crippen molar-refractivity contribution in [1.29, 1.82) is 0 Å². The van der Waals surface area contributed by atoms with Crippen LogP contribution in [0.5, 0.6) is 0 Å². The van der Waals surface area contributed by atoms with Crippen molar-refractivity contribution in [2.75, 3.05) is 12.0 Å². The van der Waals surface area contributed by atoms with Gasteiger partial charge in [-0.3, -0.25) is 4.55 Å². The van der Waals surface area contributed by atoms with Gasteiger partial charge in [0, 0.05) is 11.1 Å². The molecule has 0 spiro atoms. The van der Waals surface area contributed by atoms with Gasteiger partial charge in [0.25, 0.3) is 10.1 Å². The standard InChI is InChI=1S/C20H18F3N5O2S.CH4O3S/c1-11(2)31(29,30)28-15-10-13(8-9-14(15)25-19(28)24)17-16(12-6-4-3-5-7-12)26-18(27-17)20(21,22)23;1-5(2,3)4/h3-11H,1-2H3,(H2,24,25)(H,26,27);1H3,(H,2,3,4). The third-order valence-electron chi connectivity index (χ3n) is 4.80. The van der Waals surface area contributed by atoms with Crippen LogP contribution in [0.4, 0.5) is 19.1 Å². The summed E-state index contributed by atoms with van der Waals surface area (Å²) >= 11 is 0. The number of aromatic nitrogens is 4. The first-order valence-electron chi connectivity index (χ1n) is 10.2. The molecule has 2 aromatic heterocycles. The van der Waals surface area contributed by atoms with E-state index in [0.29, 0.717) is 22.9 Å². The van der Waals surface area contributed by atoms with Crippen molar-refractivity contribution in [1.82, 2.24) is 18.9 Å². The Kier molecular flexibility index (Phi) is 7.21. The lowest BCUT2D eigenvalue weighted by Crippen LogP contribution is -2.23. The molecule has 0 amide bonds. The third-order valence-corrected chi connectivity index (χ3v) is 6.88. The van der Waals surface area contributed by atoms with Crippen molar-refractivity contribution in [3.8, 4) is 22.5 Å². The maximum atomic E-state index is 13.4. The highest BCUT2D eigenvalue weighted by molar-refractivity contribution is 7.90. The van der Waals surface area contributed by atoms with Crippen LogP contribution >= 0.6 is 0 Å². The van der Waals surface area contributed by atoms with Crippen LogP contribution in [0.1, 0.15) is 19.7 Å². The quantitative estimate of drug-likeness (QED) is 0.327. The van der Waals surface area contributed by atoms with E-state index in [4.69, 9.17) is 10.3 Å². The average molecular weight is 546 g/mol. The minimum atomic E-state index is -4.68. The van der Waals surface area contributed by atoms with E-state index >= 15 is 0 Å². The van der Waals surface area contributed by atoms with E-state index in [1.165, 1.54) is 32.0 Å². The molecule has 4 N–H and O–H groups in total. The monoisotopic (exact) mass is 545 g/mol. The summed E-state index contributed by atoms with van der Waals surface area (Å²) in [7, 11) is -7.52. The fraction of sp³-hybridized carbons (Fsp3) is 0.238. The van der Waals surface area contributed by atoms with Crippen LogP contribution in [-0.2, 0) is 26.3 Å². The summed E-state index contributed by atoms with van der Waals surface area (Å²) in [4.78, 5) is 10.2. The number of anilines is 1. The van der Waals surface area contributed by atoms with Gasteiger partial charge < -0.3 is 10.7 Å². The highest BCUT2D eigenvalue weighted by Crippen LogP contribution is 2.37. The molecule has 0 unspecified atom stereocenters. The molecule has 0 aliphatic heterocycles. The second kappa shape index (κ2) is 9.55. The van der Waals surface area contributed by atoms with Gasteiger partial charge in [0.2, 0.25) is 21.8 Å². The van der Waals surface area contributed by atoms with Gasteiger partial charge in [-0.15, -0.1) is 0 Å². The predicted molar refractivity (Wildman–Crippen MR) is 129 cm³/mol. The van der Waals surface area contributed by atoms with E-state index in [2.05, 4.69) is 15.0 Å². The topological polar surface area (TPSA) is 161 Å². The molecule has 194 valence electrons. The number of nitrogens with two attached hydrogens (primary N) is 1. The molecule has 15 heteroatoms. The lowest BCUT2D eigenvalue weighted by Gasteiger charge is -2.11. The first kappa shape index (κ1) is 27.2. The zero-order valence-corrected chi connectivity index (χ0v) is 20.8. The van der Waals surface area contributed by atoms with Crippen molar-refractivity contribution in [2.45, 2.75) is 25.3 Å². The van der Waals surface area contributed by atoms with Crippen molar-refractivity contribution in [3.05, 3.63) is 54.4 Å². The van der Waals surface area contributed by atoms with Crippen LogP contribution in [0.3, 0.4) is 0 Å². The molecule has 0 atom stereocenters. The lowest BCUT2D eigenvalue weighted by atomic mass is 10.0. The predicted octanol–water partition coefficient (Wildman–Crippen LogP) is 3.78. The number of rotatable bonds is 4. The van der Waals surface area contributed by atoms with E-state index in [9.17, 15) is 30.0 Å². The Morgan fingerprint density at radius 2 is 1.58 bits per heavy atom. The Morgan fingerprint density at radius 1 is 1.00 bits per heavy atom. The molecular weight excluding hydrogens is 523 g/mol. The Labute approximate surface area is 204 Å². The van der Waals surface area contributed by atoms with Crippen molar-refractivity contribution in [3.63, 3.8) is 0 Å². The van der Waals surface area contributed by atoms with Crippen molar-refractivity contribution < 1.29 is 34.6 Å². The first-order chi connectivity index (χ1) is 16.5. The molecule has 0 aliphatic carbocycles. The van der Waals surface area contributed by atoms with E-state index < -0.39 is 37.4 Å². The molecule has 0 bridgehead atoms. The number of alkyl halides is 3. The molecule has 2 aromatic carbocycles. The largest absolute Gasteiger partial charge is 0.449 e. The minimum absolute atomic E-state index is 0.0358. The van der Waals surface area contributed by atoms with Crippen molar-refractivity contribution in [2.24, 2.45) is 0 Å². The maximum Gasteiger partial charge on any atom is 0.449 e. The number of nitrogens with one attached hydrogen (secondary N) is 1. The number of aromatic amines is 1. The Bertz CT molecular complexity index is 1600. The highest BCUT2D eigenvalue weighted by atomic mass is 32.2. The zero-order valence-electron chi connectivity index (χ0n) is 19.1. The van der Waals surface area contributed by atoms with Crippen LogP contribution in [-0.4, -0.2) is 51.8 Å². The number of imidazole rings is 2. The van der Waals surface area contributed by atoms with Gasteiger partial charge in [0.15, 0.2) is 0 Å². The molecular formula is C21H22F3N5O5S2. The van der Waals surface area contributed by atoms with Crippen LogP contribution in [0.25, 0.3) is 33.5 Å². The number of fused-ring (bicyclic) bond motifs is 1. The minimum Gasteiger partial charge on any atom is -0.368 e. The van der Waals surface area contributed by atoms with Crippen molar-refractivity contribution >= 4 is 37.1 Å². The molecule has 0 saturated carbocycles. The normalized spacial score (nSPS) is 12.6. The van der Waals surface area contributed by atoms with Gasteiger partial charge in [-0.1, -0.05) is 36.4 Å². The summed E-state index contributed by atoms with van der Waals surface area (Å²) < 4.78 is 92.4. The molecule has 36 heavy (non-hydrogen) atoms. The van der Waals surface area contributed by atoms with Crippen LogP contribution in [0.15, 0.2) is 48.5 Å². The summed E-state index contributed by atoms with van der Waals surface area (Å²) in [6.07, 6.45) is -3.97. The van der Waals surface area contributed by atoms with E-state index in [1.54, 1.807) is 30.3 Å². The molecule has 10 nitrogen and oxygen atoms in total. The fourth-order valence-electron chi connectivity index (χ4n) is 3.23. The Hall–Kier alpha value is -3.43. The number of H-pyrrole nitrogens is 1. The van der Waals surface area contributed by atoms with Gasteiger partial charge in [0.1, 0.15) is 0 Å². The Balaban J connectivity index is 0.000000658. The van der Waals surface area contributed by atoms with Crippen LogP contribution in [0, 0.1) is 0 Å². The summed E-state index contributed by atoms with van der Waals surface area (Å²) in [6, 6.07) is 12.9. The van der Waals surface area contributed by atoms with Crippen LogP contribution < -0.4 is 5.73 Å². The van der Waals surface area contributed by atoms with Gasteiger partial charge in [-0.2, -0.15) is 21.6 Å². The third kappa shape index (κ3) is 5.85. The van der Waals surface area contributed by atoms with Crippen LogP contribution in [0.2, 0.25) is 0 Å². The van der Waals surface area contributed by atoms with E-state index in [1.807, 2.05) is 0 Å². The molecule has 4 rings (SSSR count). The second-order valence-corrected chi connectivity index (χ2v) is 11.7. The second-order valence-electron chi connectivity index (χ2n) is 7.94. The molecule has 0 saturated heterocycles. The van der Waals surface area contributed by atoms with E-state index in [0.717, 1.165) is 3.97 Å². The Morgan fingerprint density at radius 3 is 2.11 bits per heavy atom. The van der Waals surface area contributed by atoms with Gasteiger partial charge in [0.05, 0.1) is 33.9 Å². The van der Waals surface area contributed by atoms with E-state index in [-0.39, 0.29) is 22.9 Å². The molecule has 0 aliphatic rings. The summed E-state index contributed by atoms with van der Waals surface area (Å²) in [5.41, 5.74) is 7.31. The smallest absolute Gasteiger partial charge is 0.368 e. The summed E-state index contributed by atoms with van der Waals surface area (Å²) in [5, 5.41) is -0.780. The highest BCUT2D eigenvalue weighted by Gasteiger charge is 2.36. The number of nitrogen functional groups attached to an aromatic ring is 1. The average Bonchev–Trinajstić information content (AvgIpc) is 3.33. The maximum absolute atomic E-state index is 13.4. The lowest BCUT2D eigenvalue weighted by molar-refractivity contribution is -0.144. The SMILES string of the molecule is CC(C)S(=O)(=O)n1c(N)nc2ccc(-c3nc(C(F)(F)F)[nH]c3-c3ccccc3)cc21.CS(=O)(=O)O. The molecule has 0 fully saturated rings. The molecule has 0 radical (unpaired) electrons. The fourth-order valence-corrected chi connectivity index (χ4v) is 4.37. The summed E-state index contributed by atoms with van der Waals surface area (Å²) in [5.74, 6) is -1.37. The first-order valence-corrected chi connectivity index (χ1v) is 13.5. The molecule has 2 heterocycles. The number of halogens is 3.